The van der Waals surface area contributed by atoms with Gasteiger partial charge in [0.25, 0.3) is 5.56 Å². The SMILES string of the molecule is CCCNC(=O)C1CCN(c2nc3nc[nH]c(=O)c3s2)CC1. The number of rotatable bonds is 4. The van der Waals surface area contributed by atoms with Crippen molar-refractivity contribution in [2.45, 2.75) is 26.2 Å². The van der Waals surface area contributed by atoms with E-state index in [1.807, 2.05) is 6.92 Å². The van der Waals surface area contributed by atoms with Crippen molar-refractivity contribution in [3.8, 4) is 0 Å². The Morgan fingerprint density at radius 2 is 2.27 bits per heavy atom. The van der Waals surface area contributed by atoms with E-state index in [1.165, 1.54) is 17.7 Å². The lowest BCUT2D eigenvalue weighted by Crippen LogP contribution is -2.40. The number of carbonyl (C=O) groups is 1. The fourth-order valence-electron chi connectivity index (χ4n) is 2.61. The predicted octanol–water partition coefficient (Wildman–Crippen LogP) is 1.12. The maximum Gasteiger partial charge on any atom is 0.270 e. The van der Waals surface area contributed by atoms with E-state index in [2.05, 4.69) is 25.2 Å². The van der Waals surface area contributed by atoms with Gasteiger partial charge in [0.05, 0.1) is 6.33 Å². The molecular weight excluding hydrogens is 302 g/mol. The molecule has 2 aromatic rings. The predicted molar refractivity (Wildman–Crippen MR) is 86.3 cm³/mol. The number of nitrogens with one attached hydrogen (secondary N) is 2. The highest BCUT2D eigenvalue weighted by Gasteiger charge is 2.26. The number of piperidine rings is 1. The number of anilines is 1. The highest BCUT2D eigenvalue weighted by atomic mass is 32.1. The van der Waals surface area contributed by atoms with Crippen molar-refractivity contribution >= 4 is 32.7 Å². The summed E-state index contributed by atoms with van der Waals surface area (Å²) in [5, 5.41) is 3.77. The van der Waals surface area contributed by atoms with Crippen molar-refractivity contribution in [3.63, 3.8) is 0 Å². The third-order valence-corrected chi connectivity index (χ3v) is 4.98. The maximum absolute atomic E-state index is 12.0. The van der Waals surface area contributed by atoms with E-state index >= 15 is 0 Å². The van der Waals surface area contributed by atoms with Gasteiger partial charge in [-0.05, 0) is 19.3 Å². The second-order valence-corrected chi connectivity index (χ2v) is 6.41. The molecule has 3 rings (SSSR count). The first-order valence-electron chi connectivity index (χ1n) is 7.56. The molecule has 8 heteroatoms. The van der Waals surface area contributed by atoms with Gasteiger partial charge >= 0.3 is 0 Å². The average Bonchev–Trinajstić information content (AvgIpc) is 2.98. The first-order valence-corrected chi connectivity index (χ1v) is 8.37. The molecule has 2 N–H and O–H groups in total. The van der Waals surface area contributed by atoms with E-state index in [-0.39, 0.29) is 17.4 Å². The zero-order valence-electron chi connectivity index (χ0n) is 12.5. The molecule has 1 amide bonds. The second kappa shape index (κ2) is 6.43. The molecule has 2 aromatic heterocycles. The van der Waals surface area contributed by atoms with Crippen molar-refractivity contribution in [2.75, 3.05) is 24.5 Å². The number of amides is 1. The van der Waals surface area contributed by atoms with E-state index in [1.54, 1.807) is 0 Å². The Kier molecular flexibility index (Phi) is 4.37. The van der Waals surface area contributed by atoms with Crippen LogP contribution in [0.1, 0.15) is 26.2 Å². The molecule has 1 saturated heterocycles. The van der Waals surface area contributed by atoms with Gasteiger partial charge in [-0.3, -0.25) is 9.59 Å². The number of hydrogen-bond donors (Lipinski definition) is 2. The molecule has 0 saturated carbocycles. The van der Waals surface area contributed by atoms with Crippen LogP contribution < -0.4 is 15.8 Å². The molecule has 22 heavy (non-hydrogen) atoms. The zero-order chi connectivity index (χ0) is 15.5. The van der Waals surface area contributed by atoms with Crippen molar-refractivity contribution in [2.24, 2.45) is 5.92 Å². The number of aromatic nitrogens is 3. The fraction of sp³-hybridized carbons (Fsp3) is 0.571. The van der Waals surface area contributed by atoms with Gasteiger partial charge in [0.15, 0.2) is 10.8 Å². The number of thiazole rings is 1. The minimum atomic E-state index is -0.150. The Morgan fingerprint density at radius 1 is 1.50 bits per heavy atom. The van der Waals surface area contributed by atoms with Gasteiger partial charge < -0.3 is 15.2 Å². The molecular formula is C14H19N5O2S. The summed E-state index contributed by atoms with van der Waals surface area (Å²) >= 11 is 1.36. The Labute approximate surface area is 131 Å². The summed E-state index contributed by atoms with van der Waals surface area (Å²) in [6, 6.07) is 0. The second-order valence-electron chi connectivity index (χ2n) is 5.43. The summed E-state index contributed by atoms with van der Waals surface area (Å²) in [7, 11) is 0. The topological polar surface area (TPSA) is 91.0 Å². The van der Waals surface area contributed by atoms with Crippen LogP contribution in [0.15, 0.2) is 11.1 Å². The van der Waals surface area contributed by atoms with Gasteiger partial charge in [0, 0.05) is 25.6 Å². The number of carbonyl (C=O) groups excluding carboxylic acids is 1. The van der Waals surface area contributed by atoms with Gasteiger partial charge in [0.2, 0.25) is 5.91 Å². The number of aromatic amines is 1. The summed E-state index contributed by atoms with van der Waals surface area (Å²) < 4.78 is 0.556. The molecule has 0 atom stereocenters. The molecule has 1 fully saturated rings. The number of hydrogen-bond acceptors (Lipinski definition) is 6. The minimum Gasteiger partial charge on any atom is -0.356 e. The molecule has 0 spiro atoms. The lowest BCUT2D eigenvalue weighted by atomic mass is 9.96. The van der Waals surface area contributed by atoms with E-state index in [0.29, 0.717) is 10.3 Å². The fourth-order valence-corrected chi connectivity index (χ4v) is 3.58. The number of fused-ring (bicyclic) bond motifs is 1. The summed E-state index contributed by atoms with van der Waals surface area (Å²) in [6.07, 6.45) is 3.96. The first kappa shape index (κ1) is 15.0. The molecule has 118 valence electrons. The summed E-state index contributed by atoms with van der Waals surface area (Å²) in [5.41, 5.74) is 0.342. The monoisotopic (exact) mass is 321 g/mol. The Bertz CT molecular complexity index is 717. The lowest BCUT2D eigenvalue weighted by Gasteiger charge is -2.30. The highest BCUT2D eigenvalue weighted by Crippen LogP contribution is 2.28. The third-order valence-electron chi connectivity index (χ3n) is 3.87. The van der Waals surface area contributed by atoms with Crippen LogP contribution in [0.2, 0.25) is 0 Å². The molecule has 0 radical (unpaired) electrons. The maximum atomic E-state index is 12.0. The van der Waals surface area contributed by atoms with Gasteiger partial charge in [-0.15, -0.1) is 0 Å². The average molecular weight is 321 g/mol. The zero-order valence-corrected chi connectivity index (χ0v) is 13.3. The van der Waals surface area contributed by atoms with E-state index in [4.69, 9.17) is 0 Å². The molecule has 1 aliphatic rings. The summed E-state index contributed by atoms with van der Waals surface area (Å²) in [4.78, 5) is 36.9. The standard InChI is InChI=1S/C14H19N5O2S/c1-2-5-15-12(20)9-3-6-19(7-4-9)14-18-11-10(22-14)13(21)17-8-16-11/h8-9H,2-7H2,1H3,(H,15,20)(H,16,17,21). The van der Waals surface area contributed by atoms with Crippen LogP contribution in [0.3, 0.4) is 0 Å². The summed E-state index contributed by atoms with van der Waals surface area (Å²) in [6.45, 7) is 4.35. The van der Waals surface area contributed by atoms with Crippen molar-refractivity contribution in [1.82, 2.24) is 20.3 Å². The van der Waals surface area contributed by atoms with Crippen LogP contribution in [0.25, 0.3) is 10.3 Å². The number of H-pyrrole nitrogens is 1. The molecule has 0 unspecified atom stereocenters. The normalized spacial score (nSPS) is 16.1. The van der Waals surface area contributed by atoms with Crippen LogP contribution in [0, 0.1) is 5.92 Å². The highest BCUT2D eigenvalue weighted by molar-refractivity contribution is 7.22. The van der Waals surface area contributed by atoms with Gasteiger partial charge in [0.1, 0.15) is 4.70 Å². The van der Waals surface area contributed by atoms with Crippen molar-refractivity contribution in [3.05, 3.63) is 16.7 Å². The van der Waals surface area contributed by atoms with E-state index in [0.717, 1.165) is 44.0 Å². The Morgan fingerprint density at radius 3 is 2.95 bits per heavy atom. The van der Waals surface area contributed by atoms with Gasteiger partial charge in [-0.2, -0.15) is 4.98 Å². The van der Waals surface area contributed by atoms with Crippen LogP contribution >= 0.6 is 11.3 Å². The van der Waals surface area contributed by atoms with Crippen LogP contribution in [0.5, 0.6) is 0 Å². The lowest BCUT2D eigenvalue weighted by molar-refractivity contribution is -0.125. The first-order chi connectivity index (χ1) is 10.7. The largest absolute Gasteiger partial charge is 0.356 e. The smallest absolute Gasteiger partial charge is 0.270 e. The van der Waals surface area contributed by atoms with Gasteiger partial charge in [-0.1, -0.05) is 18.3 Å². The quantitative estimate of drug-likeness (QED) is 0.880. The molecule has 3 heterocycles. The van der Waals surface area contributed by atoms with Crippen LogP contribution in [0.4, 0.5) is 5.13 Å². The Hall–Kier alpha value is -1.96. The molecule has 0 aromatic carbocycles. The molecule has 7 nitrogen and oxygen atoms in total. The third kappa shape index (κ3) is 2.96. The van der Waals surface area contributed by atoms with Crippen molar-refractivity contribution in [1.29, 1.82) is 0 Å². The molecule has 1 aliphatic heterocycles. The minimum absolute atomic E-state index is 0.0821. The molecule has 0 aliphatic carbocycles. The summed E-state index contributed by atoms with van der Waals surface area (Å²) in [5.74, 6) is 0.239. The van der Waals surface area contributed by atoms with Gasteiger partial charge in [-0.25, -0.2) is 4.98 Å². The molecule has 0 bridgehead atoms. The number of nitrogens with zero attached hydrogens (tertiary/aromatic N) is 3. The van der Waals surface area contributed by atoms with E-state index < -0.39 is 0 Å². The van der Waals surface area contributed by atoms with Crippen molar-refractivity contribution < 1.29 is 4.79 Å². The Balaban J connectivity index is 1.66. The van der Waals surface area contributed by atoms with Crippen LogP contribution in [-0.4, -0.2) is 40.5 Å². The van der Waals surface area contributed by atoms with Crippen LogP contribution in [-0.2, 0) is 4.79 Å². The van der Waals surface area contributed by atoms with E-state index in [9.17, 15) is 9.59 Å².